The van der Waals surface area contributed by atoms with E-state index in [1.54, 1.807) is 17.3 Å². The Labute approximate surface area is 186 Å². The molecule has 0 radical (unpaired) electrons. The van der Waals surface area contributed by atoms with Crippen molar-refractivity contribution in [3.8, 4) is 5.75 Å². The predicted octanol–water partition coefficient (Wildman–Crippen LogP) is 3.63. The van der Waals surface area contributed by atoms with Crippen LogP contribution in [0.1, 0.15) is 36.3 Å². The molecule has 162 valence electrons. The molecule has 2 aliphatic rings. The monoisotopic (exact) mass is 427 g/mol. The first kappa shape index (κ1) is 19.2. The molecule has 32 heavy (non-hydrogen) atoms. The number of hydrogen-bond acceptors (Lipinski definition) is 7. The van der Waals surface area contributed by atoms with Gasteiger partial charge in [0.2, 0.25) is 5.95 Å². The maximum Gasteiger partial charge on any atom is 0.227 e. The minimum atomic E-state index is 0.233. The molecule has 1 atom stereocenters. The average Bonchev–Trinajstić information content (AvgIpc) is 3.26. The lowest BCUT2D eigenvalue weighted by Gasteiger charge is -2.17. The van der Waals surface area contributed by atoms with Crippen LogP contribution in [0.15, 0.2) is 55.2 Å². The van der Waals surface area contributed by atoms with E-state index < -0.39 is 0 Å². The van der Waals surface area contributed by atoms with Gasteiger partial charge in [0.15, 0.2) is 0 Å². The molecule has 2 N–H and O–H groups in total. The molecule has 4 aromatic rings. The molecular weight excluding hydrogens is 402 g/mol. The van der Waals surface area contributed by atoms with Gasteiger partial charge in [-0.2, -0.15) is 5.10 Å². The van der Waals surface area contributed by atoms with E-state index in [1.807, 2.05) is 18.3 Å². The van der Waals surface area contributed by atoms with Gasteiger partial charge in [0.1, 0.15) is 24.5 Å². The van der Waals surface area contributed by atoms with Crippen molar-refractivity contribution in [1.82, 2.24) is 30.0 Å². The molecule has 1 aliphatic carbocycles. The summed E-state index contributed by atoms with van der Waals surface area (Å²) in [5.74, 6) is 2.16. The number of ether oxygens (including phenoxy) is 1. The summed E-state index contributed by atoms with van der Waals surface area (Å²) in [5.41, 5.74) is 4.25. The number of nitrogens with one attached hydrogen (secondary N) is 2. The zero-order chi connectivity index (χ0) is 21.3. The van der Waals surface area contributed by atoms with E-state index in [9.17, 15) is 0 Å². The van der Waals surface area contributed by atoms with Crippen molar-refractivity contribution in [3.05, 3.63) is 66.4 Å². The number of fused-ring (bicyclic) bond motifs is 1. The number of aromatic nitrogens is 5. The molecule has 2 aromatic heterocycles. The molecule has 8 nitrogen and oxygen atoms in total. The zero-order valence-electron chi connectivity index (χ0n) is 17.7. The molecule has 0 unspecified atom stereocenters. The second-order valence-corrected chi connectivity index (χ2v) is 8.57. The van der Waals surface area contributed by atoms with Crippen LogP contribution in [0.2, 0.25) is 0 Å². The Hall–Kier alpha value is -3.52. The second kappa shape index (κ2) is 8.20. The predicted molar refractivity (Wildman–Crippen MR) is 122 cm³/mol. The normalized spacial score (nSPS) is 18.2. The Balaban J connectivity index is 1.26. The molecule has 0 spiro atoms. The minimum Gasteiger partial charge on any atom is -0.489 e. The highest BCUT2D eigenvalue weighted by molar-refractivity contribution is 5.82. The number of nitrogens with zero attached hydrogens (tertiary/aromatic N) is 5. The van der Waals surface area contributed by atoms with Crippen LogP contribution in [0, 0.1) is 0 Å². The molecule has 6 rings (SSSR count). The Morgan fingerprint density at radius 2 is 2.12 bits per heavy atom. The van der Waals surface area contributed by atoms with Crippen LogP contribution >= 0.6 is 0 Å². The molecule has 1 saturated carbocycles. The Bertz CT molecular complexity index is 1230. The maximum atomic E-state index is 6.38. The van der Waals surface area contributed by atoms with Crippen molar-refractivity contribution in [2.24, 2.45) is 0 Å². The summed E-state index contributed by atoms with van der Waals surface area (Å²) in [6.45, 7) is 2.58. The molecule has 0 amide bonds. The van der Waals surface area contributed by atoms with E-state index in [-0.39, 0.29) is 6.10 Å². The molecule has 2 aromatic carbocycles. The summed E-state index contributed by atoms with van der Waals surface area (Å²) in [5, 5.41) is 11.9. The van der Waals surface area contributed by atoms with Gasteiger partial charge in [-0.3, -0.25) is 0 Å². The third-order valence-electron chi connectivity index (χ3n) is 6.03. The lowest BCUT2D eigenvalue weighted by molar-refractivity contribution is 0.221. The number of hydrogen-bond donors (Lipinski definition) is 2. The topological polar surface area (TPSA) is 89.8 Å². The first-order valence-corrected chi connectivity index (χ1v) is 11.2. The van der Waals surface area contributed by atoms with Crippen LogP contribution in [0.25, 0.3) is 10.9 Å². The minimum absolute atomic E-state index is 0.233. The van der Waals surface area contributed by atoms with Gasteiger partial charge in [-0.1, -0.05) is 12.1 Å². The highest BCUT2D eigenvalue weighted by atomic mass is 16.5. The molecule has 0 bridgehead atoms. The zero-order valence-corrected chi connectivity index (χ0v) is 17.7. The smallest absolute Gasteiger partial charge is 0.227 e. The van der Waals surface area contributed by atoms with Crippen molar-refractivity contribution in [2.75, 3.05) is 18.4 Å². The van der Waals surface area contributed by atoms with Crippen molar-refractivity contribution in [3.63, 3.8) is 0 Å². The fourth-order valence-electron chi connectivity index (χ4n) is 4.24. The molecule has 2 fully saturated rings. The van der Waals surface area contributed by atoms with Crippen molar-refractivity contribution in [1.29, 1.82) is 0 Å². The van der Waals surface area contributed by atoms with Crippen molar-refractivity contribution < 1.29 is 4.74 Å². The van der Waals surface area contributed by atoms with Crippen molar-refractivity contribution in [2.45, 2.75) is 37.8 Å². The first-order valence-electron chi connectivity index (χ1n) is 11.2. The summed E-state index contributed by atoms with van der Waals surface area (Å²) in [4.78, 5) is 13.3. The summed E-state index contributed by atoms with van der Waals surface area (Å²) < 4.78 is 8.18. The number of benzene rings is 2. The fourth-order valence-corrected chi connectivity index (χ4v) is 4.24. The SMILES string of the molecule is c1cc(Cn2cncn2)cc(Nc2ncc3cc(C4CC4)c(O[C@H]4CCNC4)cc3n2)c1. The molecule has 1 aliphatic heterocycles. The van der Waals surface area contributed by atoms with Crippen LogP contribution in [-0.4, -0.2) is 43.9 Å². The Morgan fingerprint density at radius 3 is 2.94 bits per heavy atom. The van der Waals surface area contributed by atoms with E-state index >= 15 is 0 Å². The third kappa shape index (κ3) is 4.13. The molecular formula is C24H25N7O. The van der Waals surface area contributed by atoms with Crippen LogP contribution in [0.5, 0.6) is 5.75 Å². The van der Waals surface area contributed by atoms with E-state index in [1.165, 1.54) is 18.4 Å². The van der Waals surface area contributed by atoms with Gasteiger partial charge in [-0.25, -0.2) is 19.6 Å². The Kier molecular flexibility index (Phi) is 4.92. The quantitative estimate of drug-likeness (QED) is 0.465. The standard InChI is InChI=1S/C24H25N7O/c1-2-16(13-31-15-26-14-28-31)8-19(3-1)29-24-27-11-18-9-21(17-4-5-17)23(10-22(18)30-24)32-20-6-7-25-12-20/h1-3,8-11,14-15,17,20,25H,4-7,12-13H2,(H,27,29,30)/t20-/m0/s1. The maximum absolute atomic E-state index is 6.38. The number of anilines is 2. The Morgan fingerprint density at radius 1 is 1.16 bits per heavy atom. The van der Waals surface area contributed by atoms with Gasteiger partial charge in [0.25, 0.3) is 0 Å². The second-order valence-electron chi connectivity index (χ2n) is 8.57. The van der Waals surface area contributed by atoms with Crippen LogP contribution in [-0.2, 0) is 6.54 Å². The molecule has 1 saturated heterocycles. The average molecular weight is 428 g/mol. The van der Waals surface area contributed by atoms with Gasteiger partial charge >= 0.3 is 0 Å². The summed E-state index contributed by atoms with van der Waals surface area (Å²) in [6, 6.07) is 12.5. The van der Waals surface area contributed by atoms with Gasteiger partial charge < -0.3 is 15.4 Å². The molecule has 8 heteroatoms. The van der Waals surface area contributed by atoms with E-state index in [4.69, 9.17) is 9.72 Å². The lowest BCUT2D eigenvalue weighted by Crippen LogP contribution is -2.20. The molecule has 3 heterocycles. The van der Waals surface area contributed by atoms with E-state index in [0.29, 0.717) is 18.4 Å². The fraction of sp³-hybridized carbons (Fsp3) is 0.333. The van der Waals surface area contributed by atoms with Crippen molar-refractivity contribution >= 4 is 22.5 Å². The highest BCUT2D eigenvalue weighted by Gasteiger charge is 2.29. The van der Waals surface area contributed by atoms with Crippen LogP contribution < -0.4 is 15.4 Å². The van der Waals surface area contributed by atoms with E-state index in [0.717, 1.165) is 47.4 Å². The summed E-state index contributed by atoms with van der Waals surface area (Å²) in [7, 11) is 0. The van der Waals surface area contributed by atoms with Crippen LogP contribution in [0.4, 0.5) is 11.6 Å². The highest BCUT2D eigenvalue weighted by Crippen LogP contribution is 2.46. The number of rotatable bonds is 7. The first-order chi connectivity index (χ1) is 15.8. The summed E-state index contributed by atoms with van der Waals surface area (Å²) >= 11 is 0. The van der Waals surface area contributed by atoms with Crippen LogP contribution in [0.3, 0.4) is 0 Å². The van der Waals surface area contributed by atoms with Gasteiger partial charge in [0, 0.05) is 29.9 Å². The lowest BCUT2D eigenvalue weighted by atomic mass is 10.1. The van der Waals surface area contributed by atoms with Gasteiger partial charge in [-0.15, -0.1) is 0 Å². The largest absolute Gasteiger partial charge is 0.489 e. The third-order valence-corrected chi connectivity index (χ3v) is 6.03. The van der Waals surface area contributed by atoms with E-state index in [2.05, 4.69) is 50.0 Å². The summed E-state index contributed by atoms with van der Waals surface area (Å²) in [6.07, 6.45) is 8.90. The van der Waals surface area contributed by atoms with Gasteiger partial charge in [-0.05, 0) is 61.1 Å². The van der Waals surface area contributed by atoms with Gasteiger partial charge in [0.05, 0.1) is 12.1 Å².